The number of nitrogens with zero attached hydrogens (tertiary/aromatic N) is 3. The Morgan fingerprint density at radius 1 is 1.12 bits per heavy atom. The van der Waals surface area contributed by atoms with Crippen molar-refractivity contribution in [1.82, 2.24) is 14.7 Å². The van der Waals surface area contributed by atoms with Gasteiger partial charge in [0.1, 0.15) is 11.9 Å². The SMILES string of the molecule is O=C(NC1CCCCC1)[C@@H]1CCCN1c1nc(Cc2ccccc2)ns1. The molecule has 0 unspecified atom stereocenters. The highest BCUT2D eigenvalue weighted by Gasteiger charge is 2.34. The number of hydrogen-bond donors (Lipinski definition) is 1. The number of carbonyl (C=O) groups is 1. The highest BCUT2D eigenvalue weighted by atomic mass is 32.1. The minimum atomic E-state index is -0.0885. The van der Waals surface area contributed by atoms with Gasteiger partial charge in [-0.15, -0.1) is 0 Å². The number of hydrogen-bond acceptors (Lipinski definition) is 5. The summed E-state index contributed by atoms with van der Waals surface area (Å²) in [6.07, 6.45) is 8.71. The van der Waals surface area contributed by atoms with E-state index in [1.54, 1.807) is 0 Å². The fourth-order valence-electron chi connectivity index (χ4n) is 4.02. The molecule has 1 atom stereocenters. The van der Waals surface area contributed by atoms with Gasteiger partial charge in [0.15, 0.2) is 0 Å². The van der Waals surface area contributed by atoms with Crippen molar-refractivity contribution in [2.45, 2.75) is 63.5 Å². The number of anilines is 1. The summed E-state index contributed by atoms with van der Waals surface area (Å²) in [5.74, 6) is 1.02. The van der Waals surface area contributed by atoms with E-state index in [-0.39, 0.29) is 11.9 Å². The molecule has 0 radical (unpaired) electrons. The topological polar surface area (TPSA) is 58.1 Å². The standard InChI is InChI=1S/C20H26N4OS/c25-19(21-16-10-5-2-6-11-16)17-12-7-13-24(17)20-22-18(23-26-20)14-15-8-3-1-4-9-15/h1,3-4,8-9,16-17H,2,5-7,10-14H2,(H,21,25)/t17-/m0/s1. The van der Waals surface area contributed by atoms with Crippen molar-refractivity contribution >= 4 is 22.6 Å². The van der Waals surface area contributed by atoms with E-state index in [4.69, 9.17) is 4.98 Å². The Balaban J connectivity index is 1.40. The second-order valence-corrected chi connectivity index (χ2v) is 8.08. The quantitative estimate of drug-likeness (QED) is 0.874. The number of nitrogens with one attached hydrogen (secondary N) is 1. The first-order chi connectivity index (χ1) is 12.8. The molecule has 2 aliphatic rings. The number of amides is 1. The van der Waals surface area contributed by atoms with Gasteiger partial charge in [-0.2, -0.15) is 4.37 Å². The van der Waals surface area contributed by atoms with E-state index >= 15 is 0 Å². The molecule has 1 N–H and O–H groups in total. The molecule has 0 spiro atoms. The largest absolute Gasteiger partial charge is 0.352 e. The zero-order valence-corrected chi connectivity index (χ0v) is 15.9. The van der Waals surface area contributed by atoms with Crippen LogP contribution in [0.15, 0.2) is 30.3 Å². The average Bonchev–Trinajstić information content (AvgIpc) is 3.32. The molecule has 1 saturated heterocycles. The second-order valence-electron chi connectivity index (χ2n) is 7.35. The maximum absolute atomic E-state index is 12.8. The molecular formula is C20H26N4OS. The summed E-state index contributed by atoms with van der Waals surface area (Å²) in [5.41, 5.74) is 1.21. The molecule has 1 aliphatic carbocycles. The van der Waals surface area contributed by atoms with E-state index in [9.17, 15) is 4.79 Å². The smallest absolute Gasteiger partial charge is 0.243 e. The van der Waals surface area contributed by atoms with Gasteiger partial charge in [-0.3, -0.25) is 4.79 Å². The lowest BCUT2D eigenvalue weighted by molar-refractivity contribution is -0.123. The number of rotatable bonds is 5. The van der Waals surface area contributed by atoms with E-state index in [2.05, 4.69) is 26.7 Å². The van der Waals surface area contributed by atoms with Gasteiger partial charge in [0, 0.05) is 30.5 Å². The molecule has 1 aliphatic heterocycles. The van der Waals surface area contributed by atoms with Crippen molar-refractivity contribution < 1.29 is 4.79 Å². The zero-order chi connectivity index (χ0) is 17.8. The predicted octanol–water partition coefficient (Wildman–Crippen LogP) is 3.55. The Labute approximate surface area is 159 Å². The first-order valence-corrected chi connectivity index (χ1v) is 10.5. The van der Waals surface area contributed by atoms with Gasteiger partial charge in [-0.25, -0.2) is 4.98 Å². The summed E-state index contributed by atoms with van der Waals surface area (Å²) in [6, 6.07) is 10.6. The molecule has 5 nitrogen and oxygen atoms in total. The summed E-state index contributed by atoms with van der Waals surface area (Å²) in [5, 5.41) is 4.17. The number of carbonyl (C=O) groups excluding carboxylic acids is 1. The van der Waals surface area contributed by atoms with Crippen LogP contribution < -0.4 is 10.2 Å². The Hall–Kier alpha value is -1.95. The third-order valence-electron chi connectivity index (χ3n) is 5.42. The lowest BCUT2D eigenvalue weighted by atomic mass is 9.95. The van der Waals surface area contributed by atoms with Crippen LogP contribution in [0.25, 0.3) is 0 Å². The molecule has 2 aromatic rings. The van der Waals surface area contributed by atoms with E-state index in [0.717, 1.165) is 49.6 Å². The first kappa shape index (κ1) is 17.5. The van der Waals surface area contributed by atoms with Crippen molar-refractivity contribution in [2.75, 3.05) is 11.4 Å². The van der Waals surface area contributed by atoms with E-state index < -0.39 is 0 Å². The van der Waals surface area contributed by atoms with E-state index in [1.165, 1.54) is 36.4 Å². The second kappa shape index (κ2) is 8.16. The Bertz CT molecular complexity index is 726. The van der Waals surface area contributed by atoms with Crippen molar-refractivity contribution in [2.24, 2.45) is 0 Å². The van der Waals surface area contributed by atoms with Gasteiger partial charge >= 0.3 is 0 Å². The van der Waals surface area contributed by atoms with Crippen LogP contribution in [0, 0.1) is 0 Å². The Morgan fingerprint density at radius 2 is 1.92 bits per heavy atom. The minimum Gasteiger partial charge on any atom is -0.352 e. The van der Waals surface area contributed by atoms with E-state index in [1.807, 2.05) is 18.2 Å². The van der Waals surface area contributed by atoms with Crippen LogP contribution >= 0.6 is 11.5 Å². The molecule has 138 valence electrons. The zero-order valence-electron chi connectivity index (χ0n) is 15.1. The van der Waals surface area contributed by atoms with Crippen molar-refractivity contribution in [1.29, 1.82) is 0 Å². The van der Waals surface area contributed by atoms with E-state index in [0.29, 0.717) is 6.04 Å². The van der Waals surface area contributed by atoms with Crippen molar-refractivity contribution in [3.63, 3.8) is 0 Å². The predicted molar refractivity (Wildman–Crippen MR) is 105 cm³/mol. The van der Waals surface area contributed by atoms with Gasteiger partial charge in [0.2, 0.25) is 11.0 Å². The Kier molecular flexibility index (Phi) is 5.48. The monoisotopic (exact) mass is 370 g/mol. The molecule has 2 fully saturated rings. The minimum absolute atomic E-state index is 0.0885. The highest BCUT2D eigenvalue weighted by molar-refractivity contribution is 7.09. The molecule has 1 aromatic heterocycles. The summed E-state index contributed by atoms with van der Waals surface area (Å²) >= 11 is 1.42. The normalized spacial score (nSPS) is 21.1. The van der Waals surface area contributed by atoms with Crippen LogP contribution in [-0.4, -0.2) is 33.9 Å². The summed E-state index contributed by atoms with van der Waals surface area (Å²) in [7, 11) is 0. The van der Waals surface area contributed by atoms with Gasteiger partial charge < -0.3 is 10.2 Å². The Morgan fingerprint density at radius 3 is 2.73 bits per heavy atom. The molecule has 26 heavy (non-hydrogen) atoms. The van der Waals surface area contributed by atoms with Crippen LogP contribution in [-0.2, 0) is 11.2 Å². The summed E-state index contributed by atoms with van der Waals surface area (Å²) in [4.78, 5) is 19.7. The molecule has 4 rings (SSSR count). The third-order valence-corrected chi connectivity index (χ3v) is 6.21. The van der Waals surface area contributed by atoms with Crippen molar-refractivity contribution in [3.8, 4) is 0 Å². The summed E-state index contributed by atoms with van der Waals surface area (Å²) in [6.45, 7) is 0.892. The molecule has 1 saturated carbocycles. The first-order valence-electron chi connectivity index (χ1n) is 9.73. The maximum Gasteiger partial charge on any atom is 0.243 e. The van der Waals surface area contributed by atoms with Crippen LogP contribution in [0.1, 0.15) is 56.3 Å². The molecule has 2 heterocycles. The molecule has 1 amide bonds. The third kappa shape index (κ3) is 4.06. The lowest BCUT2D eigenvalue weighted by Crippen LogP contribution is -2.47. The van der Waals surface area contributed by atoms with Crippen LogP contribution in [0.4, 0.5) is 5.13 Å². The maximum atomic E-state index is 12.8. The fraction of sp³-hybridized carbons (Fsp3) is 0.550. The summed E-state index contributed by atoms with van der Waals surface area (Å²) < 4.78 is 4.52. The van der Waals surface area contributed by atoms with Crippen LogP contribution in [0.5, 0.6) is 0 Å². The van der Waals surface area contributed by atoms with Gasteiger partial charge in [-0.1, -0.05) is 49.6 Å². The van der Waals surface area contributed by atoms with Crippen LogP contribution in [0.2, 0.25) is 0 Å². The number of aromatic nitrogens is 2. The molecule has 6 heteroatoms. The van der Waals surface area contributed by atoms with Gasteiger partial charge in [0.25, 0.3) is 0 Å². The molecule has 0 bridgehead atoms. The highest BCUT2D eigenvalue weighted by Crippen LogP contribution is 2.28. The van der Waals surface area contributed by atoms with Crippen molar-refractivity contribution in [3.05, 3.63) is 41.7 Å². The molecular weight excluding hydrogens is 344 g/mol. The average molecular weight is 371 g/mol. The fourth-order valence-corrected chi connectivity index (χ4v) is 4.79. The van der Waals surface area contributed by atoms with Gasteiger partial charge in [-0.05, 0) is 31.2 Å². The number of benzene rings is 1. The van der Waals surface area contributed by atoms with Crippen LogP contribution in [0.3, 0.4) is 0 Å². The molecule has 1 aromatic carbocycles. The van der Waals surface area contributed by atoms with Gasteiger partial charge in [0.05, 0.1) is 0 Å². The lowest BCUT2D eigenvalue weighted by Gasteiger charge is -2.27.